The van der Waals surface area contributed by atoms with E-state index >= 15 is 0 Å². The van der Waals surface area contributed by atoms with Crippen molar-refractivity contribution in [2.45, 2.75) is 23.7 Å². The van der Waals surface area contributed by atoms with Gasteiger partial charge < -0.3 is 40.7 Å². The van der Waals surface area contributed by atoms with Gasteiger partial charge >= 0.3 is 0 Å². The minimum atomic E-state index is -4.12. The second kappa shape index (κ2) is 6.78. The molecule has 14 heteroatoms. The quantitative estimate of drug-likeness (QED) is 0.218. The Morgan fingerprint density at radius 3 is 2.68 bits per heavy atom. The van der Waals surface area contributed by atoms with Crippen molar-refractivity contribution in [2.75, 3.05) is 25.2 Å². The number of nitrogen functional groups attached to an aromatic ring is 2. The second-order valence-electron chi connectivity index (χ2n) is 5.38. The lowest BCUT2D eigenvalue weighted by molar-refractivity contribution is -0.0583. The van der Waals surface area contributed by atoms with Gasteiger partial charge in [-0.25, -0.2) is 4.98 Å². The highest BCUT2D eigenvalue weighted by molar-refractivity contribution is 8.16. The van der Waals surface area contributed by atoms with Crippen molar-refractivity contribution in [3.05, 3.63) is 6.33 Å². The smallest absolute Gasteiger partial charge is 0.274 e. The highest BCUT2D eigenvalue weighted by atomic mass is 32.5. The first kappa shape index (κ1) is 18.5. The molecule has 4 atom stereocenters. The molecule has 12 nitrogen and oxygen atoms in total. The molecule has 0 bridgehead atoms. The molecule has 0 saturated carbocycles. The molecule has 1 fully saturated rings. The maximum atomic E-state index is 9.56. The predicted octanol–water partition coefficient (Wildman–Crippen LogP) is -2.27. The molecule has 2 aromatic rings. The molecule has 1 aliphatic heterocycles. The summed E-state index contributed by atoms with van der Waals surface area (Å²) in [7, 11) is 1.32. The third kappa shape index (κ3) is 3.50. The van der Waals surface area contributed by atoms with Crippen LogP contribution >= 0.6 is 6.72 Å². The number of rotatable bonds is 4. The number of ether oxygens (including phenoxy) is 2. The van der Waals surface area contributed by atoms with Crippen molar-refractivity contribution in [1.82, 2.24) is 19.5 Å². The maximum Gasteiger partial charge on any atom is 0.274 e. The molecule has 1 aliphatic rings. The summed E-state index contributed by atoms with van der Waals surface area (Å²) in [6.07, 6.45) is -0.903. The average Bonchev–Trinajstić information content (AvgIpc) is 3.06. The minimum Gasteiger partial charge on any atom is -0.394 e. The van der Waals surface area contributed by atoms with Gasteiger partial charge in [0.2, 0.25) is 5.95 Å². The van der Waals surface area contributed by atoms with Crippen LogP contribution in [0.3, 0.4) is 0 Å². The first-order valence-corrected chi connectivity index (χ1v) is 10.4. The monoisotopic (exact) mass is 394 g/mol. The van der Waals surface area contributed by atoms with Crippen LogP contribution in [-0.4, -0.2) is 70.5 Å². The number of imidazole rings is 1. The van der Waals surface area contributed by atoms with Crippen molar-refractivity contribution in [3.63, 3.8) is 0 Å². The Balaban J connectivity index is 2.08. The summed E-state index contributed by atoms with van der Waals surface area (Å²) in [6.45, 7) is -4.53. The standard InChI is InChI=1S/C11H19N6O6PS/c1-22-6-7(25-24(19,20)21)4(2-18)23-10(6)17-3-14-5-8(12)15-11(13)16-9(5)17/h3-4,6-7,10,18-21,25H,2H2,1H3,(H4,12,13,15,16)/t4-,6+,7+,10-/m1/s1. The fourth-order valence-electron chi connectivity index (χ4n) is 2.81. The SMILES string of the molecule is CO[C@H]1[C@@H]([SH]=P(O)(O)O)[C@@H](CO)O[C@H]1n1cnc2c(N)nc(N)nc21. The Labute approximate surface area is 145 Å². The molecule has 25 heavy (non-hydrogen) atoms. The van der Waals surface area contributed by atoms with Crippen LogP contribution in [0.5, 0.6) is 0 Å². The molecule has 2 aromatic heterocycles. The van der Waals surface area contributed by atoms with Crippen LogP contribution in [0.25, 0.3) is 11.2 Å². The largest absolute Gasteiger partial charge is 0.394 e. The molecular formula is C11H19N6O6PS. The van der Waals surface area contributed by atoms with E-state index in [1.54, 1.807) is 0 Å². The summed E-state index contributed by atoms with van der Waals surface area (Å²) in [6, 6.07) is 0. The molecule has 0 radical (unpaired) electrons. The van der Waals surface area contributed by atoms with Gasteiger partial charge in [-0.1, -0.05) is 0 Å². The lowest BCUT2D eigenvalue weighted by Crippen LogP contribution is -2.34. The second-order valence-corrected chi connectivity index (χ2v) is 9.59. The van der Waals surface area contributed by atoms with Crippen molar-refractivity contribution < 1.29 is 29.3 Å². The number of aromatic nitrogens is 4. The number of anilines is 2. The number of fused-ring (bicyclic) bond motifs is 1. The summed E-state index contributed by atoms with van der Waals surface area (Å²) >= 11 is 0. The lowest BCUT2D eigenvalue weighted by atomic mass is 10.2. The van der Waals surface area contributed by atoms with E-state index in [9.17, 15) is 19.8 Å². The molecule has 8 N–H and O–H groups in total. The molecule has 1 saturated heterocycles. The van der Waals surface area contributed by atoms with Crippen LogP contribution in [0.2, 0.25) is 0 Å². The van der Waals surface area contributed by atoms with Gasteiger partial charge in [0, 0.05) is 7.11 Å². The van der Waals surface area contributed by atoms with Gasteiger partial charge in [-0.2, -0.15) is 9.97 Å². The number of nitrogens with zero attached hydrogens (tertiary/aromatic N) is 4. The van der Waals surface area contributed by atoms with Gasteiger partial charge in [-0.05, 0) is 0 Å². The van der Waals surface area contributed by atoms with Gasteiger partial charge in [0.15, 0.2) is 17.7 Å². The Bertz CT molecular complexity index is 834. The summed E-state index contributed by atoms with van der Waals surface area (Å²) in [5, 5.41) is 8.86. The normalized spacial score (nSPS) is 27.2. The zero-order chi connectivity index (χ0) is 18.4. The highest BCUT2D eigenvalue weighted by Gasteiger charge is 2.46. The number of hydrogen-bond acceptors (Lipinski definition) is 8. The summed E-state index contributed by atoms with van der Waals surface area (Å²) in [5.41, 5.74) is 12.0. The van der Waals surface area contributed by atoms with Crippen LogP contribution in [0, 0.1) is 0 Å². The Hall–Kier alpha value is -1.31. The van der Waals surface area contributed by atoms with Crippen LogP contribution in [-0.2, 0) is 20.4 Å². The van der Waals surface area contributed by atoms with Crippen molar-refractivity contribution in [1.29, 1.82) is 0 Å². The predicted molar refractivity (Wildman–Crippen MR) is 92.1 cm³/mol. The molecule has 0 aliphatic carbocycles. The van der Waals surface area contributed by atoms with Gasteiger partial charge in [0.25, 0.3) is 6.72 Å². The number of hydrogen-bond donors (Lipinski definition) is 7. The topological polar surface area (TPSA) is 195 Å². The van der Waals surface area contributed by atoms with E-state index in [0.29, 0.717) is 11.2 Å². The van der Waals surface area contributed by atoms with E-state index in [0.717, 1.165) is 0 Å². The van der Waals surface area contributed by atoms with E-state index in [1.165, 1.54) is 18.0 Å². The Kier molecular flexibility index (Phi) is 5.01. The van der Waals surface area contributed by atoms with E-state index in [4.69, 9.17) is 20.9 Å². The number of aliphatic hydroxyl groups excluding tert-OH is 1. The van der Waals surface area contributed by atoms with Gasteiger partial charge in [-0.3, -0.25) is 4.57 Å². The van der Waals surface area contributed by atoms with Crippen LogP contribution in [0.4, 0.5) is 11.8 Å². The number of methoxy groups -OCH3 is 1. The van der Waals surface area contributed by atoms with Crippen molar-refractivity contribution >= 4 is 40.6 Å². The minimum absolute atomic E-state index is 0.0434. The van der Waals surface area contributed by atoms with E-state index in [-0.39, 0.29) is 22.7 Å². The van der Waals surface area contributed by atoms with E-state index in [1.807, 2.05) is 0 Å². The van der Waals surface area contributed by atoms with Crippen LogP contribution in [0.15, 0.2) is 6.33 Å². The summed E-state index contributed by atoms with van der Waals surface area (Å²) in [5.74, 6) is 0.0609. The third-order valence-electron chi connectivity index (χ3n) is 3.79. The third-order valence-corrected chi connectivity index (χ3v) is 6.73. The van der Waals surface area contributed by atoms with Crippen LogP contribution < -0.4 is 11.5 Å². The number of aliphatic hydroxyl groups is 1. The summed E-state index contributed by atoms with van der Waals surface area (Å²) < 4.78 is 12.7. The number of thiol groups is 1. The van der Waals surface area contributed by atoms with Gasteiger partial charge in [0.05, 0.1) is 24.3 Å². The Morgan fingerprint density at radius 1 is 1.36 bits per heavy atom. The fraction of sp³-hybridized carbons (Fsp3) is 0.545. The van der Waals surface area contributed by atoms with Crippen molar-refractivity contribution in [2.24, 2.45) is 0 Å². The average molecular weight is 394 g/mol. The molecule has 140 valence electrons. The molecule has 3 heterocycles. The van der Waals surface area contributed by atoms with Gasteiger partial charge in [-0.15, -0.1) is 10.9 Å². The first-order valence-electron chi connectivity index (χ1n) is 7.09. The fourth-order valence-corrected chi connectivity index (χ4v) is 5.79. The maximum absolute atomic E-state index is 9.56. The molecule has 0 unspecified atom stereocenters. The molecular weight excluding hydrogens is 375 g/mol. The van der Waals surface area contributed by atoms with Crippen molar-refractivity contribution in [3.8, 4) is 0 Å². The van der Waals surface area contributed by atoms with E-state index < -0.39 is 37.0 Å². The molecule has 0 aromatic carbocycles. The zero-order valence-electron chi connectivity index (χ0n) is 13.0. The van der Waals surface area contributed by atoms with Gasteiger partial charge in [0.1, 0.15) is 11.6 Å². The highest BCUT2D eigenvalue weighted by Crippen LogP contribution is 2.40. The number of nitrogens with two attached hydrogens (primary N) is 2. The van der Waals surface area contributed by atoms with E-state index in [2.05, 4.69) is 15.0 Å². The molecule has 0 amide bonds. The molecule has 3 rings (SSSR count). The molecule has 0 spiro atoms. The zero-order valence-corrected chi connectivity index (χ0v) is 14.8. The summed E-state index contributed by atoms with van der Waals surface area (Å²) in [4.78, 5) is 40.3. The van der Waals surface area contributed by atoms with Crippen LogP contribution in [0.1, 0.15) is 6.23 Å². The lowest BCUT2D eigenvalue weighted by Gasteiger charge is -2.22. The first-order chi connectivity index (χ1) is 11.7. The Morgan fingerprint density at radius 2 is 2.08 bits per heavy atom.